The molecule has 0 aliphatic rings. The molecule has 0 radical (unpaired) electrons. The van der Waals surface area contributed by atoms with Gasteiger partial charge in [-0.05, 0) is 43.5 Å². The lowest BCUT2D eigenvalue weighted by Gasteiger charge is -2.01. The van der Waals surface area contributed by atoms with Gasteiger partial charge in [0.2, 0.25) is 5.91 Å². The standard InChI is InChI=1S/C15H17FN4O/c1-10-14(11(2)19-18-10)7-8-15(21)20-17-9-12-3-5-13(16)6-4-12/h3-6,9H,7-8H2,1-2H3,(H,18,19)(H,20,21)/b17-9+. The third-order valence-electron chi connectivity index (χ3n) is 3.16. The van der Waals surface area contributed by atoms with Crippen LogP contribution in [0.1, 0.15) is 28.9 Å². The number of carbonyl (C=O) groups excluding carboxylic acids is 1. The Morgan fingerprint density at radius 1 is 1.38 bits per heavy atom. The monoisotopic (exact) mass is 288 g/mol. The largest absolute Gasteiger partial charge is 0.282 e. The van der Waals surface area contributed by atoms with Gasteiger partial charge in [-0.25, -0.2) is 9.82 Å². The SMILES string of the molecule is Cc1n[nH]c(C)c1CCC(=O)N/N=C/c1ccc(F)cc1. The van der Waals surface area contributed by atoms with Crippen molar-refractivity contribution in [3.8, 4) is 0 Å². The second-order valence-corrected chi connectivity index (χ2v) is 4.76. The van der Waals surface area contributed by atoms with Gasteiger partial charge in [-0.1, -0.05) is 12.1 Å². The van der Waals surface area contributed by atoms with E-state index in [1.54, 1.807) is 12.1 Å². The number of amides is 1. The maximum atomic E-state index is 12.7. The molecule has 0 atom stereocenters. The molecule has 0 aliphatic carbocycles. The zero-order valence-electron chi connectivity index (χ0n) is 12.0. The molecule has 0 saturated carbocycles. The summed E-state index contributed by atoms with van der Waals surface area (Å²) in [7, 11) is 0. The lowest BCUT2D eigenvalue weighted by Crippen LogP contribution is -2.18. The van der Waals surface area contributed by atoms with Crippen LogP contribution in [0.2, 0.25) is 0 Å². The minimum atomic E-state index is -0.304. The molecule has 1 aromatic heterocycles. The van der Waals surface area contributed by atoms with Gasteiger partial charge in [0.25, 0.3) is 0 Å². The smallest absolute Gasteiger partial charge is 0.240 e. The number of hydrazone groups is 1. The van der Waals surface area contributed by atoms with Crippen molar-refractivity contribution in [3.05, 3.63) is 52.6 Å². The fourth-order valence-electron chi connectivity index (χ4n) is 1.96. The van der Waals surface area contributed by atoms with Gasteiger partial charge in [0.05, 0.1) is 11.9 Å². The number of halogens is 1. The highest BCUT2D eigenvalue weighted by atomic mass is 19.1. The van der Waals surface area contributed by atoms with Gasteiger partial charge >= 0.3 is 0 Å². The molecule has 0 fully saturated rings. The summed E-state index contributed by atoms with van der Waals surface area (Å²) in [6.07, 6.45) is 2.43. The maximum Gasteiger partial charge on any atom is 0.240 e. The summed E-state index contributed by atoms with van der Waals surface area (Å²) in [6, 6.07) is 5.85. The van der Waals surface area contributed by atoms with E-state index in [-0.39, 0.29) is 11.7 Å². The normalized spacial score (nSPS) is 11.0. The Kier molecular flexibility index (Phi) is 4.81. The first-order chi connectivity index (χ1) is 10.1. The quantitative estimate of drug-likeness (QED) is 0.654. The highest BCUT2D eigenvalue weighted by molar-refractivity contribution is 5.82. The van der Waals surface area contributed by atoms with Gasteiger partial charge in [-0.3, -0.25) is 9.89 Å². The van der Waals surface area contributed by atoms with Crippen LogP contribution in [0, 0.1) is 19.7 Å². The van der Waals surface area contributed by atoms with Crippen LogP contribution in [-0.2, 0) is 11.2 Å². The Hall–Kier alpha value is -2.50. The van der Waals surface area contributed by atoms with E-state index in [9.17, 15) is 9.18 Å². The van der Waals surface area contributed by atoms with Gasteiger partial charge in [0, 0.05) is 12.1 Å². The van der Waals surface area contributed by atoms with Crippen molar-refractivity contribution in [2.75, 3.05) is 0 Å². The third kappa shape index (κ3) is 4.24. The number of hydrogen-bond donors (Lipinski definition) is 2. The second-order valence-electron chi connectivity index (χ2n) is 4.76. The van der Waals surface area contributed by atoms with Crippen molar-refractivity contribution in [1.82, 2.24) is 15.6 Å². The molecule has 2 aromatic rings. The molecule has 6 heteroatoms. The van der Waals surface area contributed by atoms with Crippen LogP contribution < -0.4 is 5.43 Å². The number of carbonyl (C=O) groups is 1. The van der Waals surface area contributed by atoms with E-state index >= 15 is 0 Å². The van der Waals surface area contributed by atoms with E-state index in [2.05, 4.69) is 20.7 Å². The molecular weight excluding hydrogens is 271 g/mol. The Morgan fingerprint density at radius 2 is 2.10 bits per heavy atom. The van der Waals surface area contributed by atoms with Gasteiger partial charge in [0.15, 0.2) is 0 Å². The third-order valence-corrected chi connectivity index (χ3v) is 3.16. The van der Waals surface area contributed by atoms with Crippen molar-refractivity contribution in [1.29, 1.82) is 0 Å². The van der Waals surface area contributed by atoms with Crippen molar-refractivity contribution < 1.29 is 9.18 Å². The van der Waals surface area contributed by atoms with Crippen molar-refractivity contribution >= 4 is 12.1 Å². The predicted molar refractivity (Wildman–Crippen MR) is 78.5 cm³/mol. The Balaban J connectivity index is 1.81. The van der Waals surface area contributed by atoms with Gasteiger partial charge in [-0.15, -0.1) is 0 Å². The van der Waals surface area contributed by atoms with Crippen LogP contribution in [0.3, 0.4) is 0 Å². The first-order valence-electron chi connectivity index (χ1n) is 6.64. The fraction of sp³-hybridized carbons (Fsp3) is 0.267. The molecule has 1 aromatic carbocycles. The fourth-order valence-corrected chi connectivity index (χ4v) is 1.96. The number of aromatic amines is 1. The first-order valence-corrected chi connectivity index (χ1v) is 6.64. The first kappa shape index (κ1) is 14.9. The lowest BCUT2D eigenvalue weighted by atomic mass is 10.1. The van der Waals surface area contributed by atoms with Crippen molar-refractivity contribution in [3.63, 3.8) is 0 Å². The molecule has 0 saturated heterocycles. The average Bonchev–Trinajstić information content (AvgIpc) is 2.78. The minimum absolute atomic E-state index is 0.173. The molecular formula is C15H17FN4O. The number of aromatic nitrogens is 2. The summed E-state index contributed by atoms with van der Waals surface area (Å²) in [5.74, 6) is -0.476. The number of aryl methyl sites for hydroxylation is 2. The van der Waals surface area contributed by atoms with E-state index in [4.69, 9.17) is 0 Å². The molecule has 0 aliphatic heterocycles. The second kappa shape index (κ2) is 6.78. The lowest BCUT2D eigenvalue weighted by molar-refractivity contribution is -0.121. The number of H-pyrrole nitrogens is 1. The van der Waals surface area contributed by atoms with Crippen molar-refractivity contribution in [2.24, 2.45) is 5.10 Å². The maximum absolute atomic E-state index is 12.7. The summed E-state index contributed by atoms with van der Waals surface area (Å²) in [5.41, 5.74) is 6.13. The molecule has 5 nitrogen and oxygen atoms in total. The molecule has 1 amide bonds. The zero-order valence-corrected chi connectivity index (χ0v) is 12.0. The van der Waals surface area contributed by atoms with E-state index in [0.717, 1.165) is 22.5 Å². The summed E-state index contributed by atoms with van der Waals surface area (Å²) in [4.78, 5) is 11.7. The summed E-state index contributed by atoms with van der Waals surface area (Å²) >= 11 is 0. The minimum Gasteiger partial charge on any atom is -0.282 e. The van der Waals surface area contributed by atoms with E-state index in [1.165, 1.54) is 18.3 Å². The van der Waals surface area contributed by atoms with Crippen LogP contribution in [0.15, 0.2) is 29.4 Å². The Labute approximate surface area is 122 Å². The van der Waals surface area contributed by atoms with E-state index in [0.29, 0.717) is 12.8 Å². The van der Waals surface area contributed by atoms with E-state index < -0.39 is 0 Å². The molecule has 0 unspecified atom stereocenters. The number of hydrogen-bond acceptors (Lipinski definition) is 3. The highest BCUT2D eigenvalue weighted by Gasteiger charge is 2.08. The van der Waals surface area contributed by atoms with Crippen LogP contribution >= 0.6 is 0 Å². The molecule has 21 heavy (non-hydrogen) atoms. The van der Waals surface area contributed by atoms with Crippen LogP contribution in [0.25, 0.3) is 0 Å². The Bertz CT molecular complexity index is 627. The number of nitrogens with zero attached hydrogens (tertiary/aromatic N) is 2. The molecule has 2 N–H and O–H groups in total. The zero-order chi connectivity index (χ0) is 15.2. The molecule has 110 valence electrons. The highest BCUT2D eigenvalue weighted by Crippen LogP contribution is 2.11. The molecule has 0 spiro atoms. The number of nitrogens with one attached hydrogen (secondary N) is 2. The van der Waals surface area contributed by atoms with Gasteiger partial charge < -0.3 is 0 Å². The molecule has 1 heterocycles. The van der Waals surface area contributed by atoms with Crippen LogP contribution in [0.4, 0.5) is 4.39 Å². The van der Waals surface area contributed by atoms with Crippen molar-refractivity contribution in [2.45, 2.75) is 26.7 Å². The topological polar surface area (TPSA) is 70.1 Å². The van der Waals surface area contributed by atoms with Gasteiger partial charge in [0.1, 0.15) is 5.82 Å². The average molecular weight is 288 g/mol. The Morgan fingerprint density at radius 3 is 2.71 bits per heavy atom. The summed E-state index contributed by atoms with van der Waals surface area (Å²) in [5, 5.41) is 10.8. The van der Waals surface area contributed by atoms with E-state index in [1.807, 2.05) is 13.8 Å². The molecule has 0 bridgehead atoms. The number of rotatable bonds is 5. The number of benzene rings is 1. The molecule has 2 rings (SSSR count). The predicted octanol–water partition coefficient (Wildman–Crippen LogP) is 2.25. The summed E-state index contributed by atoms with van der Waals surface area (Å²) in [6.45, 7) is 3.84. The van der Waals surface area contributed by atoms with Crippen LogP contribution in [-0.4, -0.2) is 22.3 Å². The van der Waals surface area contributed by atoms with Gasteiger partial charge in [-0.2, -0.15) is 10.2 Å². The summed E-state index contributed by atoms with van der Waals surface area (Å²) < 4.78 is 12.7. The van der Waals surface area contributed by atoms with Crippen LogP contribution in [0.5, 0.6) is 0 Å².